The minimum absolute atomic E-state index is 0.103. The number of aromatic nitrogens is 4. The van der Waals surface area contributed by atoms with Gasteiger partial charge in [0.05, 0.1) is 17.8 Å². The molecule has 0 aliphatic carbocycles. The van der Waals surface area contributed by atoms with E-state index in [0.717, 1.165) is 5.56 Å². The lowest BCUT2D eigenvalue weighted by molar-refractivity contribution is -0.117. The standard InChI is InChI=1S/C19H16N6O2/c1-2-12-20-19(27)15-10-6-7-11-16(15)21-17(26)13-25-23-18(22-24-25)14-8-4-3-5-9-14/h1,3-11H,12-13H2,(H,20,27)(H,21,26). The Hall–Kier alpha value is -3.99. The molecule has 0 aliphatic heterocycles. The van der Waals surface area contributed by atoms with Gasteiger partial charge in [-0.3, -0.25) is 9.59 Å². The van der Waals surface area contributed by atoms with Crippen LogP contribution in [0.2, 0.25) is 0 Å². The maximum Gasteiger partial charge on any atom is 0.254 e. The van der Waals surface area contributed by atoms with Crippen molar-refractivity contribution in [2.45, 2.75) is 6.54 Å². The molecule has 2 amide bonds. The van der Waals surface area contributed by atoms with E-state index in [9.17, 15) is 9.59 Å². The summed E-state index contributed by atoms with van der Waals surface area (Å²) in [7, 11) is 0. The third-order valence-corrected chi connectivity index (χ3v) is 3.57. The molecule has 0 aliphatic rings. The topological polar surface area (TPSA) is 102 Å². The van der Waals surface area contributed by atoms with Crippen LogP contribution in [0, 0.1) is 12.3 Å². The average molecular weight is 360 g/mol. The zero-order valence-corrected chi connectivity index (χ0v) is 14.3. The third-order valence-electron chi connectivity index (χ3n) is 3.57. The number of terminal acetylenes is 1. The molecular formula is C19H16N6O2. The molecule has 0 unspecified atom stereocenters. The maximum atomic E-state index is 12.3. The Morgan fingerprint density at radius 1 is 1.07 bits per heavy atom. The number of amides is 2. The number of carbonyl (C=O) groups excluding carboxylic acids is 2. The smallest absolute Gasteiger partial charge is 0.254 e. The van der Waals surface area contributed by atoms with Crippen LogP contribution in [0.15, 0.2) is 54.6 Å². The van der Waals surface area contributed by atoms with Gasteiger partial charge < -0.3 is 10.6 Å². The van der Waals surface area contributed by atoms with Crippen LogP contribution in [-0.4, -0.2) is 38.6 Å². The summed E-state index contributed by atoms with van der Waals surface area (Å²) in [4.78, 5) is 25.6. The Balaban J connectivity index is 1.68. The van der Waals surface area contributed by atoms with Gasteiger partial charge in [0, 0.05) is 5.56 Å². The maximum absolute atomic E-state index is 12.3. The van der Waals surface area contributed by atoms with E-state index < -0.39 is 0 Å². The Morgan fingerprint density at radius 3 is 2.59 bits per heavy atom. The van der Waals surface area contributed by atoms with Crippen molar-refractivity contribution >= 4 is 17.5 Å². The van der Waals surface area contributed by atoms with Gasteiger partial charge in [0.15, 0.2) is 0 Å². The van der Waals surface area contributed by atoms with E-state index in [-0.39, 0.29) is 24.9 Å². The van der Waals surface area contributed by atoms with Crippen molar-refractivity contribution < 1.29 is 9.59 Å². The normalized spacial score (nSPS) is 10.0. The Kier molecular flexibility index (Phi) is 5.54. The van der Waals surface area contributed by atoms with E-state index in [1.54, 1.807) is 24.3 Å². The van der Waals surface area contributed by atoms with Crippen LogP contribution in [-0.2, 0) is 11.3 Å². The summed E-state index contributed by atoms with van der Waals surface area (Å²) in [5, 5.41) is 17.3. The number of tetrazole rings is 1. The fourth-order valence-electron chi connectivity index (χ4n) is 2.35. The highest BCUT2D eigenvalue weighted by molar-refractivity contribution is 6.03. The molecule has 0 saturated carbocycles. The molecule has 1 aromatic heterocycles. The predicted molar refractivity (Wildman–Crippen MR) is 99.5 cm³/mol. The van der Waals surface area contributed by atoms with Crippen LogP contribution < -0.4 is 10.6 Å². The molecule has 0 fully saturated rings. The summed E-state index contributed by atoms with van der Waals surface area (Å²) in [6.07, 6.45) is 5.15. The van der Waals surface area contributed by atoms with Gasteiger partial charge in [-0.15, -0.1) is 16.6 Å². The van der Waals surface area contributed by atoms with E-state index in [2.05, 4.69) is 32.0 Å². The first kappa shape index (κ1) is 17.8. The first-order valence-corrected chi connectivity index (χ1v) is 8.11. The summed E-state index contributed by atoms with van der Waals surface area (Å²) in [5.41, 5.74) is 1.50. The first-order chi connectivity index (χ1) is 13.2. The molecule has 0 saturated heterocycles. The average Bonchev–Trinajstić information content (AvgIpc) is 3.15. The van der Waals surface area contributed by atoms with E-state index >= 15 is 0 Å². The van der Waals surface area contributed by atoms with E-state index in [4.69, 9.17) is 6.42 Å². The molecule has 0 spiro atoms. The van der Waals surface area contributed by atoms with E-state index in [1.807, 2.05) is 30.3 Å². The van der Waals surface area contributed by atoms with Crippen LogP contribution in [0.25, 0.3) is 11.4 Å². The number of anilines is 1. The van der Waals surface area contributed by atoms with E-state index in [1.165, 1.54) is 4.80 Å². The first-order valence-electron chi connectivity index (χ1n) is 8.11. The van der Waals surface area contributed by atoms with Crippen molar-refractivity contribution in [3.63, 3.8) is 0 Å². The predicted octanol–water partition coefficient (Wildman–Crippen LogP) is 1.34. The quantitative estimate of drug-likeness (QED) is 0.646. The lowest BCUT2D eigenvalue weighted by Crippen LogP contribution is -2.26. The van der Waals surface area contributed by atoms with Gasteiger partial charge in [-0.25, -0.2) is 0 Å². The number of rotatable bonds is 6. The zero-order chi connectivity index (χ0) is 19.1. The molecule has 2 aromatic carbocycles. The monoisotopic (exact) mass is 360 g/mol. The molecule has 3 rings (SSSR count). The molecular weight excluding hydrogens is 344 g/mol. The highest BCUT2D eigenvalue weighted by Gasteiger charge is 2.14. The van der Waals surface area contributed by atoms with Gasteiger partial charge in [-0.1, -0.05) is 48.4 Å². The summed E-state index contributed by atoms with van der Waals surface area (Å²) in [6.45, 7) is -0.0353. The highest BCUT2D eigenvalue weighted by Crippen LogP contribution is 2.15. The molecule has 1 heterocycles. The number of benzene rings is 2. The van der Waals surface area contributed by atoms with Crippen molar-refractivity contribution in [3.05, 3.63) is 60.2 Å². The van der Waals surface area contributed by atoms with Crippen LogP contribution in [0.3, 0.4) is 0 Å². The molecule has 27 heavy (non-hydrogen) atoms. The molecule has 2 N–H and O–H groups in total. The summed E-state index contributed by atoms with van der Waals surface area (Å²) in [6, 6.07) is 16.0. The van der Waals surface area contributed by atoms with Gasteiger partial charge in [0.2, 0.25) is 11.7 Å². The minimum Gasteiger partial charge on any atom is -0.341 e. The third kappa shape index (κ3) is 4.55. The van der Waals surface area contributed by atoms with Crippen molar-refractivity contribution in [2.24, 2.45) is 0 Å². The van der Waals surface area contributed by atoms with Crippen molar-refractivity contribution in [1.82, 2.24) is 25.5 Å². The molecule has 0 bridgehead atoms. The van der Waals surface area contributed by atoms with Crippen LogP contribution in [0.1, 0.15) is 10.4 Å². The molecule has 3 aromatic rings. The lowest BCUT2D eigenvalue weighted by Gasteiger charge is -2.10. The molecule has 0 radical (unpaired) electrons. The molecule has 0 atom stereocenters. The Bertz CT molecular complexity index is 991. The molecule has 8 heteroatoms. The van der Waals surface area contributed by atoms with Gasteiger partial charge in [0.1, 0.15) is 6.54 Å². The van der Waals surface area contributed by atoms with Crippen molar-refractivity contribution in [1.29, 1.82) is 0 Å². The van der Waals surface area contributed by atoms with Gasteiger partial charge in [0.25, 0.3) is 5.91 Å². The van der Waals surface area contributed by atoms with Crippen LogP contribution in [0.5, 0.6) is 0 Å². The Morgan fingerprint density at radius 2 is 1.81 bits per heavy atom. The largest absolute Gasteiger partial charge is 0.341 e. The second kappa shape index (κ2) is 8.40. The zero-order valence-electron chi connectivity index (χ0n) is 14.3. The second-order valence-corrected chi connectivity index (χ2v) is 5.49. The Labute approximate surface area is 155 Å². The van der Waals surface area contributed by atoms with Gasteiger partial charge in [-0.05, 0) is 17.3 Å². The summed E-state index contributed by atoms with van der Waals surface area (Å²) in [5.74, 6) is 2.01. The number of hydrogen-bond acceptors (Lipinski definition) is 5. The van der Waals surface area contributed by atoms with Gasteiger partial charge in [-0.2, -0.15) is 4.80 Å². The molecule has 134 valence electrons. The van der Waals surface area contributed by atoms with Crippen molar-refractivity contribution in [3.8, 4) is 23.7 Å². The van der Waals surface area contributed by atoms with Crippen LogP contribution in [0.4, 0.5) is 5.69 Å². The second-order valence-electron chi connectivity index (χ2n) is 5.49. The lowest BCUT2D eigenvalue weighted by atomic mass is 10.1. The number of carbonyl (C=O) groups is 2. The van der Waals surface area contributed by atoms with Crippen molar-refractivity contribution in [2.75, 3.05) is 11.9 Å². The summed E-state index contributed by atoms with van der Waals surface area (Å²) < 4.78 is 0. The highest BCUT2D eigenvalue weighted by atomic mass is 16.2. The van der Waals surface area contributed by atoms with E-state index in [0.29, 0.717) is 17.1 Å². The fourth-order valence-corrected chi connectivity index (χ4v) is 2.35. The number of nitrogens with zero attached hydrogens (tertiary/aromatic N) is 4. The minimum atomic E-state index is -0.385. The SMILES string of the molecule is C#CCNC(=O)c1ccccc1NC(=O)Cn1nnc(-c2ccccc2)n1. The fraction of sp³-hybridized carbons (Fsp3) is 0.105. The van der Waals surface area contributed by atoms with Gasteiger partial charge >= 0.3 is 0 Å². The number of hydrogen-bond donors (Lipinski definition) is 2. The number of nitrogens with one attached hydrogen (secondary N) is 2. The number of para-hydroxylation sites is 1. The summed E-state index contributed by atoms with van der Waals surface area (Å²) >= 11 is 0. The molecule has 8 nitrogen and oxygen atoms in total. The van der Waals surface area contributed by atoms with Crippen LogP contribution >= 0.6 is 0 Å².